The van der Waals surface area contributed by atoms with E-state index in [1.165, 1.54) is 24.2 Å². The van der Waals surface area contributed by atoms with Crippen molar-refractivity contribution in [1.82, 2.24) is 9.47 Å². The third-order valence-corrected chi connectivity index (χ3v) is 9.37. The summed E-state index contributed by atoms with van der Waals surface area (Å²) in [6.07, 6.45) is 8.93. The van der Waals surface area contributed by atoms with Gasteiger partial charge in [-0.1, -0.05) is 82.1 Å². The van der Waals surface area contributed by atoms with Gasteiger partial charge in [0.1, 0.15) is 27.6 Å². The minimum atomic E-state index is -0.313. The number of pyridine rings is 1. The van der Waals surface area contributed by atoms with Gasteiger partial charge in [0.25, 0.3) is 11.5 Å². The molecule has 3 heterocycles. The summed E-state index contributed by atoms with van der Waals surface area (Å²) in [6.45, 7) is 9.34. The summed E-state index contributed by atoms with van der Waals surface area (Å²) in [7, 11) is 0. The van der Waals surface area contributed by atoms with Crippen LogP contribution in [0.1, 0.15) is 75.5 Å². The van der Waals surface area contributed by atoms with Gasteiger partial charge in [-0.25, -0.2) is 4.39 Å². The average molecular weight is 610 g/mol. The summed E-state index contributed by atoms with van der Waals surface area (Å²) >= 11 is 6.88. The second-order valence-electron chi connectivity index (χ2n) is 10.8. The van der Waals surface area contributed by atoms with Gasteiger partial charge in [-0.15, -0.1) is 0 Å². The highest BCUT2D eigenvalue weighted by molar-refractivity contribution is 8.26. The molecule has 4 rings (SSSR count). The standard InChI is InChI=1S/C32H40FN5O2S2/c1-4-6-8-9-12-16-38-31(40)28(42-32(38)41)21-24-23(3)25(22-34)30(39)37(15-7-5-2)29(24)36-19-17-35(18-20-36)27-14-11-10-13-26(27)33/h10-11,13-14,21H,4-9,12,15-20H2,1-3H3/b28-21+. The Hall–Kier alpha value is -3.16. The smallest absolute Gasteiger partial charge is 0.270 e. The van der Waals surface area contributed by atoms with Crippen molar-refractivity contribution in [3.8, 4) is 6.07 Å². The van der Waals surface area contributed by atoms with Crippen LogP contribution < -0.4 is 15.4 Å². The molecule has 0 bridgehead atoms. The Kier molecular flexibility index (Phi) is 11.2. The number of hydrogen-bond donors (Lipinski definition) is 0. The Morgan fingerprint density at radius 3 is 2.31 bits per heavy atom. The van der Waals surface area contributed by atoms with E-state index in [1.807, 2.05) is 17.0 Å². The zero-order chi connectivity index (χ0) is 30.2. The predicted molar refractivity (Wildman–Crippen MR) is 175 cm³/mol. The van der Waals surface area contributed by atoms with Crippen molar-refractivity contribution in [3.63, 3.8) is 0 Å². The summed E-state index contributed by atoms with van der Waals surface area (Å²) < 4.78 is 16.8. The first-order valence-corrected chi connectivity index (χ1v) is 16.2. The number of nitrogens with zero attached hydrogens (tertiary/aromatic N) is 5. The van der Waals surface area contributed by atoms with Gasteiger partial charge in [-0.3, -0.25) is 19.1 Å². The van der Waals surface area contributed by atoms with E-state index in [4.69, 9.17) is 12.2 Å². The largest absolute Gasteiger partial charge is 0.366 e. The summed E-state index contributed by atoms with van der Waals surface area (Å²) in [5.41, 5.74) is 1.61. The number of rotatable bonds is 12. The zero-order valence-electron chi connectivity index (χ0n) is 24.8. The van der Waals surface area contributed by atoms with Crippen LogP contribution in [0.4, 0.5) is 15.9 Å². The maximum Gasteiger partial charge on any atom is 0.270 e. The molecule has 2 aliphatic heterocycles. The number of hydrogen-bond acceptors (Lipinski definition) is 7. The quantitative estimate of drug-likeness (QED) is 0.155. The molecule has 1 aromatic carbocycles. The molecular weight excluding hydrogens is 570 g/mol. The first kappa shape index (κ1) is 31.8. The number of amides is 1. The molecule has 0 aliphatic carbocycles. The number of thiocarbonyl (C=S) groups is 1. The number of carbonyl (C=O) groups excluding carboxylic acids is 1. The average Bonchev–Trinajstić information content (AvgIpc) is 3.25. The van der Waals surface area contributed by atoms with E-state index in [2.05, 4.69) is 24.8 Å². The molecule has 2 aromatic rings. The lowest BCUT2D eigenvalue weighted by molar-refractivity contribution is -0.122. The van der Waals surface area contributed by atoms with Gasteiger partial charge in [-0.05, 0) is 43.5 Å². The maximum absolute atomic E-state index is 14.5. The van der Waals surface area contributed by atoms with Crippen LogP contribution in [-0.4, -0.2) is 52.4 Å². The number of carbonyl (C=O) groups is 1. The van der Waals surface area contributed by atoms with Gasteiger partial charge >= 0.3 is 0 Å². The molecule has 0 atom stereocenters. The van der Waals surface area contributed by atoms with Crippen LogP contribution in [0.5, 0.6) is 0 Å². The molecule has 0 radical (unpaired) electrons. The lowest BCUT2D eigenvalue weighted by Crippen LogP contribution is -2.49. The van der Waals surface area contributed by atoms with Crippen molar-refractivity contribution < 1.29 is 9.18 Å². The molecule has 0 N–H and O–H groups in total. The Balaban J connectivity index is 1.70. The second kappa shape index (κ2) is 14.8. The topological polar surface area (TPSA) is 72.6 Å². The van der Waals surface area contributed by atoms with Crippen molar-refractivity contribution >= 4 is 51.8 Å². The van der Waals surface area contributed by atoms with Crippen LogP contribution in [0, 0.1) is 24.1 Å². The predicted octanol–water partition coefficient (Wildman–Crippen LogP) is 6.47. The van der Waals surface area contributed by atoms with Gasteiger partial charge in [0, 0.05) is 44.8 Å². The van der Waals surface area contributed by atoms with Crippen LogP contribution in [0.3, 0.4) is 0 Å². The van der Waals surface area contributed by atoms with E-state index in [0.29, 0.717) is 71.1 Å². The van der Waals surface area contributed by atoms with Gasteiger partial charge in [0.15, 0.2) is 0 Å². The maximum atomic E-state index is 14.5. The number of halogens is 1. The molecule has 0 spiro atoms. The van der Waals surface area contributed by atoms with Crippen LogP contribution in [0.15, 0.2) is 34.0 Å². The van der Waals surface area contributed by atoms with E-state index in [-0.39, 0.29) is 22.8 Å². The van der Waals surface area contributed by atoms with Gasteiger partial charge in [-0.2, -0.15) is 5.26 Å². The molecule has 1 amide bonds. The molecule has 2 saturated heterocycles. The van der Waals surface area contributed by atoms with Crippen molar-refractivity contribution in [1.29, 1.82) is 5.26 Å². The molecule has 0 saturated carbocycles. The number of unbranched alkanes of at least 4 members (excludes halogenated alkanes) is 5. The van der Waals surface area contributed by atoms with Crippen molar-refractivity contribution in [2.75, 3.05) is 42.5 Å². The fraction of sp³-hybridized carbons (Fsp3) is 0.500. The van der Waals surface area contributed by atoms with Crippen LogP contribution in [0.25, 0.3) is 6.08 Å². The SMILES string of the molecule is CCCCCCCN1C(=O)/C(=C\c2c(C)c(C#N)c(=O)n(CCCC)c2N2CCN(c3ccccc3F)CC2)SC1=S. The molecule has 2 aliphatic rings. The number of aromatic nitrogens is 1. The number of para-hydroxylation sites is 1. The lowest BCUT2D eigenvalue weighted by atomic mass is 10.0. The molecule has 1 aromatic heterocycles. The van der Waals surface area contributed by atoms with E-state index in [1.54, 1.807) is 28.5 Å². The second-order valence-corrected chi connectivity index (χ2v) is 12.5. The number of thioether (sulfide) groups is 1. The minimum absolute atomic E-state index is 0.0949. The summed E-state index contributed by atoms with van der Waals surface area (Å²) in [5.74, 6) is 0.330. The fourth-order valence-corrected chi connectivity index (χ4v) is 6.86. The Morgan fingerprint density at radius 1 is 0.976 bits per heavy atom. The van der Waals surface area contributed by atoms with Gasteiger partial charge in [0.05, 0.1) is 10.6 Å². The highest BCUT2D eigenvalue weighted by Gasteiger charge is 2.33. The Morgan fingerprint density at radius 2 is 1.64 bits per heavy atom. The van der Waals surface area contributed by atoms with Crippen molar-refractivity contribution in [3.05, 3.63) is 62.0 Å². The Labute approximate surface area is 258 Å². The summed E-state index contributed by atoms with van der Waals surface area (Å²) in [6, 6.07) is 8.89. The number of nitriles is 1. The highest BCUT2D eigenvalue weighted by Crippen LogP contribution is 2.36. The normalized spacial score (nSPS) is 16.5. The first-order chi connectivity index (χ1) is 20.3. The van der Waals surface area contributed by atoms with Crippen LogP contribution in [-0.2, 0) is 11.3 Å². The summed E-state index contributed by atoms with van der Waals surface area (Å²) in [5, 5.41) is 9.98. The van der Waals surface area contributed by atoms with Crippen molar-refractivity contribution in [2.45, 2.75) is 72.3 Å². The molecule has 7 nitrogen and oxygen atoms in total. The first-order valence-electron chi connectivity index (χ1n) is 15.0. The fourth-order valence-electron chi connectivity index (χ4n) is 5.57. The van der Waals surface area contributed by atoms with E-state index in [0.717, 1.165) is 38.5 Å². The van der Waals surface area contributed by atoms with Crippen molar-refractivity contribution in [2.24, 2.45) is 0 Å². The van der Waals surface area contributed by atoms with E-state index >= 15 is 0 Å². The number of piperazine rings is 1. The van der Waals surface area contributed by atoms with E-state index < -0.39 is 0 Å². The monoisotopic (exact) mass is 609 g/mol. The summed E-state index contributed by atoms with van der Waals surface area (Å²) in [4.78, 5) is 33.5. The van der Waals surface area contributed by atoms with Crippen LogP contribution >= 0.6 is 24.0 Å². The Bertz CT molecular complexity index is 1440. The number of benzene rings is 1. The molecule has 224 valence electrons. The molecule has 42 heavy (non-hydrogen) atoms. The van der Waals surface area contributed by atoms with Gasteiger partial charge in [0.2, 0.25) is 0 Å². The molecular formula is C32H40FN5O2S2. The van der Waals surface area contributed by atoms with E-state index in [9.17, 15) is 19.2 Å². The van der Waals surface area contributed by atoms with Crippen LogP contribution in [0.2, 0.25) is 0 Å². The minimum Gasteiger partial charge on any atom is -0.366 e. The highest BCUT2D eigenvalue weighted by atomic mass is 32.2. The lowest BCUT2D eigenvalue weighted by Gasteiger charge is -2.39. The molecule has 2 fully saturated rings. The van der Waals surface area contributed by atoms with Gasteiger partial charge < -0.3 is 9.80 Å². The third kappa shape index (κ3) is 6.90. The molecule has 0 unspecified atom stereocenters. The number of anilines is 2. The molecule has 10 heteroatoms. The zero-order valence-corrected chi connectivity index (χ0v) is 26.5. The third-order valence-electron chi connectivity index (χ3n) is 7.99.